The van der Waals surface area contributed by atoms with Gasteiger partial charge in [-0.25, -0.2) is 4.98 Å². The van der Waals surface area contributed by atoms with E-state index in [4.69, 9.17) is 0 Å². The van der Waals surface area contributed by atoms with Crippen molar-refractivity contribution >= 4 is 38.3 Å². The van der Waals surface area contributed by atoms with Crippen molar-refractivity contribution in [3.05, 3.63) is 64.4 Å². The minimum Gasteiger partial charge on any atom is -0.506 e. The fourth-order valence-electron chi connectivity index (χ4n) is 2.36. The topological polar surface area (TPSA) is 61.8 Å². The van der Waals surface area contributed by atoms with Crippen LogP contribution in [0, 0.1) is 11.3 Å². The number of halogens is 1. The average molecular weight is 354 g/mol. The molecule has 0 fully saturated rings. The molecule has 22 heavy (non-hydrogen) atoms. The molecule has 0 unspecified atom stereocenters. The van der Waals surface area contributed by atoms with E-state index in [1.165, 1.54) is 0 Å². The Bertz CT molecular complexity index is 934. The van der Waals surface area contributed by atoms with Crippen LogP contribution in [-0.4, -0.2) is 14.7 Å². The Balaban J connectivity index is 2.24. The van der Waals surface area contributed by atoms with Crippen LogP contribution in [-0.2, 0) is 7.05 Å². The predicted octanol–water partition coefficient (Wildman–Crippen LogP) is 4.29. The van der Waals surface area contributed by atoms with Gasteiger partial charge in [-0.15, -0.1) is 0 Å². The lowest BCUT2D eigenvalue weighted by Crippen LogP contribution is -1.99. The van der Waals surface area contributed by atoms with Crippen LogP contribution in [0.25, 0.3) is 22.4 Å². The summed E-state index contributed by atoms with van der Waals surface area (Å²) in [6, 6.07) is 16.9. The standard InChI is InChI=1S/C17H12BrN3O/c1-21-15-8-3-2-7-14(15)20-17(21)13(10-19)16(22)11-5-4-6-12(18)9-11/h2-9,22H,1H3. The van der Waals surface area contributed by atoms with Crippen LogP contribution in [0.15, 0.2) is 53.0 Å². The van der Waals surface area contributed by atoms with Crippen LogP contribution in [0.3, 0.4) is 0 Å². The summed E-state index contributed by atoms with van der Waals surface area (Å²) in [5.74, 6) is 0.364. The van der Waals surface area contributed by atoms with E-state index < -0.39 is 0 Å². The normalized spacial score (nSPS) is 12.0. The molecule has 0 bridgehead atoms. The molecule has 1 heterocycles. The first-order chi connectivity index (χ1) is 10.6. The van der Waals surface area contributed by atoms with E-state index in [0.717, 1.165) is 15.5 Å². The van der Waals surface area contributed by atoms with Crippen LogP contribution < -0.4 is 0 Å². The third-order valence-electron chi connectivity index (χ3n) is 3.46. The van der Waals surface area contributed by atoms with Gasteiger partial charge in [0, 0.05) is 17.1 Å². The number of aliphatic hydroxyl groups excluding tert-OH is 1. The molecule has 0 aliphatic rings. The Kier molecular flexibility index (Phi) is 3.70. The molecular weight excluding hydrogens is 342 g/mol. The number of aromatic nitrogens is 2. The minimum atomic E-state index is -0.0813. The lowest BCUT2D eigenvalue weighted by Gasteiger charge is -2.05. The second kappa shape index (κ2) is 5.66. The van der Waals surface area contributed by atoms with Gasteiger partial charge in [-0.1, -0.05) is 40.2 Å². The zero-order valence-corrected chi connectivity index (χ0v) is 13.4. The first kappa shape index (κ1) is 14.4. The number of nitriles is 1. The highest BCUT2D eigenvalue weighted by Crippen LogP contribution is 2.27. The molecule has 5 heteroatoms. The number of aryl methyl sites for hydroxylation is 1. The lowest BCUT2D eigenvalue weighted by atomic mass is 10.1. The molecule has 0 atom stereocenters. The molecule has 2 aromatic carbocycles. The molecule has 0 spiro atoms. The van der Waals surface area contributed by atoms with E-state index in [1.807, 2.05) is 41.9 Å². The van der Waals surface area contributed by atoms with Gasteiger partial charge in [0.25, 0.3) is 0 Å². The first-order valence-corrected chi connectivity index (χ1v) is 7.42. The van der Waals surface area contributed by atoms with Crippen molar-refractivity contribution in [3.8, 4) is 6.07 Å². The van der Waals surface area contributed by atoms with Gasteiger partial charge in [-0.05, 0) is 24.3 Å². The minimum absolute atomic E-state index is 0.0813. The number of aliphatic hydroxyl groups is 1. The van der Waals surface area contributed by atoms with Crippen molar-refractivity contribution in [1.82, 2.24) is 9.55 Å². The molecule has 0 aliphatic heterocycles. The van der Waals surface area contributed by atoms with Gasteiger partial charge in [0.2, 0.25) is 0 Å². The van der Waals surface area contributed by atoms with Gasteiger partial charge in [0.1, 0.15) is 17.4 Å². The van der Waals surface area contributed by atoms with Gasteiger partial charge in [-0.2, -0.15) is 5.26 Å². The molecule has 108 valence electrons. The van der Waals surface area contributed by atoms with Crippen LogP contribution in [0.2, 0.25) is 0 Å². The number of allylic oxidation sites excluding steroid dienone is 1. The van der Waals surface area contributed by atoms with Crippen LogP contribution >= 0.6 is 15.9 Å². The zero-order valence-electron chi connectivity index (χ0n) is 11.8. The number of para-hydroxylation sites is 2. The Morgan fingerprint density at radius 3 is 2.68 bits per heavy atom. The largest absolute Gasteiger partial charge is 0.506 e. The molecule has 4 nitrogen and oxygen atoms in total. The number of benzene rings is 2. The SMILES string of the molecule is Cn1c(C(C#N)=C(O)c2cccc(Br)c2)nc2ccccc21. The Morgan fingerprint density at radius 1 is 1.23 bits per heavy atom. The number of nitrogens with zero attached hydrogens (tertiary/aromatic N) is 3. The molecule has 0 saturated carbocycles. The molecule has 3 rings (SSSR count). The highest BCUT2D eigenvalue weighted by Gasteiger charge is 2.17. The second-order valence-corrected chi connectivity index (χ2v) is 5.74. The molecule has 0 amide bonds. The van der Waals surface area contributed by atoms with Crippen LogP contribution in [0.5, 0.6) is 0 Å². The second-order valence-electron chi connectivity index (χ2n) is 4.83. The average Bonchev–Trinajstić information content (AvgIpc) is 2.85. The fraction of sp³-hybridized carbons (Fsp3) is 0.0588. The van der Waals surface area contributed by atoms with Crippen molar-refractivity contribution in [2.45, 2.75) is 0 Å². The lowest BCUT2D eigenvalue weighted by molar-refractivity contribution is 0.513. The zero-order chi connectivity index (χ0) is 15.7. The van der Waals surface area contributed by atoms with Crippen molar-refractivity contribution < 1.29 is 5.11 Å². The smallest absolute Gasteiger partial charge is 0.155 e. The predicted molar refractivity (Wildman–Crippen MR) is 89.9 cm³/mol. The van der Waals surface area contributed by atoms with Gasteiger partial charge in [-0.3, -0.25) is 0 Å². The summed E-state index contributed by atoms with van der Waals surface area (Å²) in [7, 11) is 1.83. The third-order valence-corrected chi connectivity index (χ3v) is 3.95. The highest BCUT2D eigenvalue weighted by atomic mass is 79.9. The maximum Gasteiger partial charge on any atom is 0.155 e. The summed E-state index contributed by atoms with van der Waals surface area (Å²) in [5.41, 5.74) is 2.41. The fourth-order valence-corrected chi connectivity index (χ4v) is 2.76. The summed E-state index contributed by atoms with van der Waals surface area (Å²) in [4.78, 5) is 4.46. The van der Waals surface area contributed by atoms with Gasteiger partial charge < -0.3 is 9.67 Å². The molecule has 0 radical (unpaired) electrons. The molecule has 1 aromatic heterocycles. The maximum atomic E-state index is 10.5. The summed E-state index contributed by atoms with van der Waals surface area (Å²) in [6.45, 7) is 0. The number of fused-ring (bicyclic) bond motifs is 1. The van der Waals surface area contributed by atoms with E-state index in [9.17, 15) is 10.4 Å². The van der Waals surface area contributed by atoms with Crippen molar-refractivity contribution in [2.75, 3.05) is 0 Å². The van der Waals surface area contributed by atoms with E-state index in [2.05, 4.69) is 27.0 Å². The van der Waals surface area contributed by atoms with Crippen molar-refractivity contribution in [3.63, 3.8) is 0 Å². The first-order valence-electron chi connectivity index (χ1n) is 6.63. The van der Waals surface area contributed by atoms with Gasteiger partial charge in [0.15, 0.2) is 5.82 Å². The third kappa shape index (κ3) is 2.38. The van der Waals surface area contributed by atoms with Crippen LogP contribution in [0.1, 0.15) is 11.4 Å². The number of hydrogen-bond acceptors (Lipinski definition) is 3. The Hall–Kier alpha value is -2.58. The molecule has 0 saturated heterocycles. The van der Waals surface area contributed by atoms with E-state index in [0.29, 0.717) is 11.4 Å². The monoisotopic (exact) mass is 353 g/mol. The highest BCUT2D eigenvalue weighted by molar-refractivity contribution is 9.10. The van der Waals surface area contributed by atoms with Gasteiger partial charge in [0.05, 0.1) is 11.0 Å². The summed E-state index contributed by atoms with van der Waals surface area (Å²) >= 11 is 3.36. The van der Waals surface area contributed by atoms with E-state index >= 15 is 0 Å². The molecule has 0 aliphatic carbocycles. The van der Waals surface area contributed by atoms with E-state index in [1.54, 1.807) is 18.2 Å². The van der Waals surface area contributed by atoms with E-state index in [-0.39, 0.29) is 11.3 Å². The summed E-state index contributed by atoms with van der Waals surface area (Å²) < 4.78 is 2.64. The number of rotatable bonds is 2. The molecule has 1 N–H and O–H groups in total. The summed E-state index contributed by atoms with van der Waals surface area (Å²) in [5, 5.41) is 20.0. The Morgan fingerprint density at radius 2 is 2.00 bits per heavy atom. The quantitative estimate of drug-likeness (QED) is 0.552. The molecular formula is C17H12BrN3O. The van der Waals surface area contributed by atoms with Crippen molar-refractivity contribution in [2.24, 2.45) is 7.05 Å². The maximum absolute atomic E-state index is 10.5. The number of imidazole rings is 1. The van der Waals surface area contributed by atoms with Gasteiger partial charge >= 0.3 is 0 Å². The number of hydrogen-bond donors (Lipinski definition) is 1. The van der Waals surface area contributed by atoms with Crippen molar-refractivity contribution in [1.29, 1.82) is 5.26 Å². The van der Waals surface area contributed by atoms with Crippen LogP contribution in [0.4, 0.5) is 0 Å². The molecule has 3 aromatic rings. The Labute approximate surface area is 136 Å². The summed E-state index contributed by atoms with van der Waals surface area (Å²) in [6.07, 6.45) is 0.